The van der Waals surface area contributed by atoms with Gasteiger partial charge in [0.2, 0.25) is 0 Å². The van der Waals surface area contributed by atoms with Crippen molar-refractivity contribution in [3.63, 3.8) is 0 Å². The number of aromatic nitrogens is 1. The Morgan fingerprint density at radius 2 is 1.96 bits per heavy atom. The van der Waals surface area contributed by atoms with Crippen molar-refractivity contribution in [2.24, 2.45) is 0 Å². The summed E-state index contributed by atoms with van der Waals surface area (Å²) in [4.78, 5) is 20.6. The van der Waals surface area contributed by atoms with Gasteiger partial charge in [0, 0.05) is 37.4 Å². The number of piperazine rings is 1. The zero-order chi connectivity index (χ0) is 16.1. The van der Waals surface area contributed by atoms with Crippen LogP contribution < -0.4 is 9.64 Å². The Balaban J connectivity index is 1.48. The molecule has 5 nitrogen and oxygen atoms in total. The molecule has 6 heteroatoms. The van der Waals surface area contributed by atoms with Gasteiger partial charge in [-0.25, -0.2) is 4.98 Å². The van der Waals surface area contributed by atoms with Gasteiger partial charge in [-0.1, -0.05) is 23.7 Å². The molecule has 1 fully saturated rings. The molecule has 1 aliphatic heterocycles. The van der Waals surface area contributed by atoms with Crippen molar-refractivity contribution in [3.8, 4) is 5.75 Å². The van der Waals surface area contributed by atoms with Gasteiger partial charge in [-0.05, 0) is 30.3 Å². The van der Waals surface area contributed by atoms with Crippen LogP contribution in [-0.2, 0) is 4.79 Å². The maximum absolute atomic E-state index is 12.2. The van der Waals surface area contributed by atoms with Crippen LogP contribution in [0, 0.1) is 0 Å². The van der Waals surface area contributed by atoms with Crippen molar-refractivity contribution < 1.29 is 9.53 Å². The highest BCUT2D eigenvalue weighted by atomic mass is 35.5. The fraction of sp³-hybridized carbons (Fsp3) is 0.294. The second kappa shape index (κ2) is 7.33. The van der Waals surface area contributed by atoms with Gasteiger partial charge in [0.1, 0.15) is 11.6 Å². The third-order valence-corrected chi connectivity index (χ3v) is 4.00. The molecule has 0 spiro atoms. The molecule has 0 aliphatic carbocycles. The van der Waals surface area contributed by atoms with Crippen LogP contribution in [0.2, 0.25) is 5.02 Å². The highest BCUT2D eigenvalue weighted by Crippen LogP contribution is 2.17. The van der Waals surface area contributed by atoms with Gasteiger partial charge < -0.3 is 14.5 Å². The van der Waals surface area contributed by atoms with Crippen LogP contribution in [0.1, 0.15) is 0 Å². The SMILES string of the molecule is O=C(COc1cccc(Cl)c1)N1CCN(c2ccccn2)CC1. The Morgan fingerprint density at radius 3 is 2.65 bits per heavy atom. The van der Waals surface area contributed by atoms with Crippen LogP contribution in [0.25, 0.3) is 0 Å². The van der Waals surface area contributed by atoms with E-state index in [0.29, 0.717) is 23.9 Å². The molecule has 1 aliphatic rings. The number of rotatable bonds is 4. The predicted molar refractivity (Wildman–Crippen MR) is 90.0 cm³/mol. The molecule has 0 N–H and O–H groups in total. The molecule has 0 atom stereocenters. The summed E-state index contributed by atoms with van der Waals surface area (Å²) in [5.74, 6) is 1.55. The Hall–Kier alpha value is -2.27. The summed E-state index contributed by atoms with van der Waals surface area (Å²) in [5, 5.41) is 0.596. The van der Waals surface area contributed by atoms with Crippen molar-refractivity contribution in [3.05, 3.63) is 53.7 Å². The molecule has 120 valence electrons. The van der Waals surface area contributed by atoms with E-state index in [-0.39, 0.29) is 12.5 Å². The molecule has 0 radical (unpaired) electrons. The van der Waals surface area contributed by atoms with Crippen LogP contribution >= 0.6 is 11.6 Å². The molecule has 3 rings (SSSR count). The molecule has 1 amide bonds. The number of carbonyl (C=O) groups is 1. The number of hydrogen-bond donors (Lipinski definition) is 0. The normalized spacial score (nSPS) is 14.7. The second-order valence-electron chi connectivity index (χ2n) is 5.30. The molecule has 2 aromatic rings. The Morgan fingerprint density at radius 1 is 1.13 bits per heavy atom. The molecule has 1 aromatic heterocycles. The summed E-state index contributed by atoms with van der Waals surface area (Å²) in [6, 6.07) is 12.9. The van der Waals surface area contributed by atoms with E-state index >= 15 is 0 Å². The first-order chi connectivity index (χ1) is 11.2. The average molecular weight is 332 g/mol. The zero-order valence-electron chi connectivity index (χ0n) is 12.7. The molecular formula is C17H18ClN3O2. The van der Waals surface area contributed by atoms with Crippen molar-refractivity contribution in [1.82, 2.24) is 9.88 Å². The number of carbonyl (C=O) groups excluding carboxylic acids is 1. The lowest BCUT2D eigenvalue weighted by atomic mass is 10.3. The molecule has 0 saturated carbocycles. The third kappa shape index (κ3) is 4.13. The van der Waals surface area contributed by atoms with E-state index in [1.807, 2.05) is 23.1 Å². The van der Waals surface area contributed by atoms with Gasteiger partial charge in [0.25, 0.3) is 5.91 Å². The lowest BCUT2D eigenvalue weighted by molar-refractivity contribution is -0.133. The van der Waals surface area contributed by atoms with Gasteiger partial charge >= 0.3 is 0 Å². The van der Waals surface area contributed by atoms with Crippen LogP contribution in [-0.4, -0.2) is 48.6 Å². The maximum atomic E-state index is 12.2. The lowest BCUT2D eigenvalue weighted by Gasteiger charge is -2.35. The Bertz CT molecular complexity index is 658. The van der Waals surface area contributed by atoms with E-state index in [9.17, 15) is 4.79 Å². The first-order valence-corrected chi connectivity index (χ1v) is 7.92. The minimum absolute atomic E-state index is 0.00866. The van der Waals surface area contributed by atoms with Crippen molar-refractivity contribution in [2.45, 2.75) is 0 Å². The van der Waals surface area contributed by atoms with Crippen LogP contribution in [0.15, 0.2) is 48.7 Å². The van der Waals surface area contributed by atoms with Crippen LogP contribution in [0.4, 0.5) is 5.82 Å². The topological polar surface area (TPSA) is 45.7 Å². The fourth-order valence-electron chi connectivity index (χ4n) is 2.52. The van der Waals surface area contributed by atoms with E-state index in [2.05, 4.69) is 9.88 Å². The summed E-state index contributed by atoms with van der Waals surface area (Å²) in [7, 11) is 0. The molecule has 0 unspecified atom stereocenters. The average Bonchev–Trinajstić information content (AvgIpc) is 2.61. The number of anilines is 1. The van der Waals surface area contributed by atoms with Gasteiger partial charge in [-0.15, -0.1) is 0 Å². The lowest BCUT2D eigenvalue weighted by Crippen LogP contribution is -2.50. The smallest absolute Gasteiger partial charge is 0.260 e. The van der Waals surface area contributed by atoms with E-state index in [1.54, 1.807) is 30.5 Å². The van der Waals surface area contributed by atoms with Gasteiger partial charge in [0.15, 0.2) is 6.61 Å². The van der Waals surface area contributed by atoms with Crippen LogP contribution in [0.3, 0.4) is 0 Å². The minimum atomic E-state index is -0.00866. The number of amides is 1. The number of halogens is 1. The van der Waals surface area contributed by atoms with Gasteiger partial charge in [-0.2, -0.15) is 0 Å². The highest BCUT2D eigenvalue weighted by Gasteiger charge is 2.21. The molecular weight excluding hydrogens is 314 g/mol. The summed E-state index contributed by atoms with van der Waals surface area (Å²) < 4.78 is 5.51. The zero-order valence-corrected chi connectivity index (χ0v) is 13.4. The third-order valence-electron chi connectivity index (χ3n) is 3.76. The summed E-state index contributed by atoms with van der Waals surface area (Å²) in [5.41, 5.74) is 0. The second-order valence-corrected chi connectivity index (χ2v) is 5.74. The summed E-state index contributed by atoms with van der Waals surface area (Å²) >= 11 is 5.90. The van der Waals surface area contributed by atoms with Crippen molar-refractivity contribution in [1.29, 1.82) is 0 Å². The summed E-state index contributed by atoms with van der Waals surface area (Å²) in [6.07, 6.45) is 1.78. The van der Waals surface area contributed by atoms with E-state index in [4.69, 9.17) is 16.3 Å². The standard InChI is InChI=1S/C17H18ClN3O2/c18-14-4-3-5-15(12-14)23-13-17(22)21-10-8-20(9-11-21)16-6-1-2-7-19-16/h1-7,12H,8-11,13H2. The molecule has 2 heterocycles. The molecule has 1 saturated heterocycles. The first-order valence-electron chi connectivity index (χ1n) is 7.54. The van der Waals surface area contributed by atoms with Crippen molar-refractivity contribution in [2.75, 3.05) is 37.7 Å². The summed E-state index contributed by atoms with van der Waals surface area (Å²) in [6.45, 7) is 2.94. The molecule has 23 heavy (non-hydrogen) atoms. The van der Waals surface area contributed by atoms with Crippen molar-refractivity contribution >= 4 is 23.3 Å². The Labute approximate surface area is 140 Å². The van der Waals surface area contributed by atoms with E-state index < -0.39 is 0 Å². The number of benzene rings is 1. The predicted octanol–water partition coefficient (Wildman–Crippen LogP) is 2.46. The number of hydrogen-bond acceptors (Lipinski definition) is 4. The van der Waals surface area contributed by atoms with Crippen LogP contribution in [0.5, 0.6) is 5.75 Å². The minimum Gasteiger partial charge on any atom is -0.484 e. The molecule has 1 aromatic carbocycles. The number of ether oxygens (including phenoxy) is 1. The van der Waals surface area contributed by atoms with Gasteiger partial charge in [0.05, 0.1) is 0 Å². The van der Waals surface area contributed by atoms with E-state index in [1.165, 1.54) is 0 Å². The highest BCUT2D eigenvalue weighted by molar-refractivity contribution is 6.30. The number of pyridine rings is 1. The number of nitrogens with zero attached hydrogens (tertiary/aromatic N) is 3. The van der Waals surface area contributed by atoms with E-state index in [0.717, 1.165) is 18.9 Å². The largest absolute Gasteiger partial charge is 0.484 e. The molecule has 0 bridgehead atoms. The fourth-order valence-corrected chi connectivity index (χ4v) is 2.70. The Kier molecular flexibility index (Phi) is 4.98. The quantitative estimate of drug-likeness (QED) is 0.863. The monoisotopic (exact) mass is 331 g/mol. The maximum Gasteiger partial charge on any atom is 0.260 e. The first kappa shape index (κ1) is 15.6. The van der Waals surface area contributed by atoms with Gasteiger partial charge in [-0.3, -0.25) is 4.79 Å².